The van der Waals surface area contributed by atoms with E-state index in [4.69, 9.17) is 0 Å². The summed E-state index contributed by atoms with van der Waals surface area (Å²) < 4.78 is 1.52. The minimum Gasteiger partial charge on any atom is -0.265 e. The van der Waals surface area contributed by atoms with Crippen molar-refractivity contribution in [2.45, 2.75) is 33.7 Å². The Morgan fingerprint density at radius 3 is 2.71 bits per heavy atom. The lowest BCUT2D eigenvalue weighted by Gasteiger charge is -2.27. The number of aromatic nitrogens is 3. The van der Waals surface area contributed by atoms with Gasteiger partial charge in [0.2, 0.25) is 0 Å². The van der Waals surface area contributed by atoms with Crippen molar-refractivity contribution in [3.8, 4) is 0 Å². The van der Waals surface area contributed by atoms with Crippen molar-refractivity contribution in [2.75, 3.05) is 0 Å². The average Bonchev–Trinajstić information content (AvgIpc) is 2.28. The highest BCUT2D eigenvalue weighted by Gasteiger charge is 2.24. The van der Waals surface area contributed by atoms with E-state index in [-0.39, 0.29) is 17.0 Å². The van der Waals surface area contributed by atoms with Crippen LogP contribution in [0.2, 0.25) is 0 Å². The lowest BCUT2D eigenvalue weighted by molar-refractivity contribution is 0.238. The molecule has 90 valence electrons. The summed E-state index contributed by atoms with van der Waals surface area (Å²) >= 11 is 0. The van der Waals surface area contributed by atoms with E-state index in [1.165, 1.54) is 4.68 Å². The first kappa shape index (κ1) is 11.8. The predicted molar refractivity (Wildman–Crippen MR) is 68.0 cm³/mol. The first-order valence-corrected chi connectivity index (χ1v) is 5.74. The monoisotopic (exact) mass is 231 g/mol. The van der Waals surface area contributed by atoms with E-state index in [2.05, 4.69) is 30.9 Å². The van der Waals surface area contributed by atoms with Crippen LogP contribution in [0.3, 0.4) is 0 Å². The highest BCUT2D eigenvalue weighted by atomic mass is 16.1. The zero-order chi connectivity index (χ0) is 12.6. The van der Waals surface area contributed by atoms with Crippen LogP contribution in [0.4, 0.5) is 0 Å². The van der Waals surface area contributed by atoms with Crippen LogP contribution >= 0.6 is 0 Å². The average molecular weight is 231 g/mol. The maximum absolute atomic E-state index is 12.3. The predicted octanol–water partition coefficient (Wildman–Crippen LogP) is 2.40. The lowest BCUT2D eigenvalue weighted by atomic mass is 9.88. The van der Waals surface area contributed by atoms with Gasteiger partial charge in [-0.2, -0.15) is 5.10 Å². The van der Waals surface area contributed by atoms with Crippen LogP contribution < -0.4 is 5.56 Å². The quantitative estimate of drug-likeness (QED) is 0.757. The first-order valence-electron chi connectivity index (χ1n) is 5.74. The zero-order valence-electron chi connectivity index (χ0n) is 10.6. The summed E-state index contributed by atoms with van der Waals surface area (Å²) in [5.41, 5.74) is 0.350. The van der Waals surface area contributed by atoms with Gasteiger partial charge in [-0.3, -0.25) is 9.78 Å². The molecule has 1 atom stereocenters. The molecule has 17 heavy (non-hydrogen) atoms. The molecule has 2 aromatic rings. The van der Waals surface area contributed by atoms with Crippen molar-refractivity contribution in [1.29, 1.82) is 0 Å². The van der Waals surface area contributed by atoms with Crippen molar-refractivity contribution in [3.63, 3.8) is 0 Å². The highest BCUT2D eigenvalue weighted by molar-refractivity contribution is 5.75. The normalized spacial score (nSPS) is 13.9. The molecule has 0 N–H and O–H groups in total. The maximum atomic E-state index is 12.3. The Morgan fingerprint density at radius 1 is 1.35 bits per heavy atom. The van der Waals surface area contributed by atoms with Gasteiger partial charge in [0.25, 0.3) is 5.56 Å². The molecule has 0 radical (unpaired) electrons. The van der Waals surface area contributed by atoms with Gasteiger partial charge in [-0.25, -0.2) is 4.68 Å². The van der Waals surface area contributed by atoms with Crippen LogP contribution in [0.1, 0.15) is 33.7 Å². The van der Waals surface area contributed by atoms with Crippen LogP contribution in [-0.2, 0) is 0 Å². The number of pyridine rings is 1. The third-order valence-electron chi connectivity index (χ3n) is 3.19. The molecule has 0 amide bonds. The topological polar surface area (TPSA) is 47.8 Å². The Hall–Kier alpha value is -1.71. The van der Waals surface area contributed by atoms with Gasteiger partial charge in [-0.1, -0.05) is 20.8 Å². The Morgan fingerprint density at radius 2 is 2.06 bits per heavy atom. The summed E-state index contributed by atoms with van der Waals surface area (Å²) in [6.45, 7) is 8.28. The molecule has 0 fully saturated rings. The molecule has 2 heterocycles. The van der Waals surface area contributed by atoms with Gasteiger partial charge in [0, 0.05) is 11.6 Å². The van der Waals surface area contributed by atoms with E-state index in [0.29, 0.717) is 5.52 Å². The molecule has 0 aliphatic heterocycles. The van der Waals surface area contributed by atoms with Crippen molar-refractivity contribution in [3.05, 3.63) is 34.9 Å². The molecule has 2 aromatic heterocycles. The van der Waals surface area contributed by atoms with Crippen LogP contribution in [0.15, 0.2) is 29.3 Å². The molecule has 0 saturated carbocycles. The SMILES string of the molecule is CC(n1ncc2cccnc2c1=O)C(C)(C)C. The number of rotatable bonds is 1. The number of hydrogen-bond donors (Lipinski definition) is 0. The van der Waals surface area contributed by atoms with Gasteiger partial charge < -0.3 is 0 Å². The Bertz CT molecular complexity index is 595. The van der Waals surface area contributed by atoms with Crippen molar-refractivity contribution in [2.24, 2.45) is 5.41 Å². The van der Waals surface area contributed by atoms with Gasteiger partial charge in [-0.15, -0.1) is 0 Å². The summed E-state index contributed by atoms with van der Waals surface area (Å²) in [7, 11) is 0. The molecular formula is C13H17N3O. The third kappa shape index (κ3) is 2.07. The lowest BCUT2D eigenvalue weighted by Crippen LogP contribution is -2.33. The van der Waals surface area contributed by atoms with Gasteiger partial charge in [-0.05, 0) is 24.5 Å². The third-order valence-corrected chi connectivity index (χ3v) is 3.19. The fourth-order valence-corrected chi connectivity index (χ4v) is 1.63. The standard InChI is InChI=1S/C13H17N3O/c1-9(13(2,3)4)16-12(17)11-10(8-15-16)6-5-7-14-11/h5-9H,1-4H3. The fourth-order valence-electron chi connectivity index (χ4n) is 1.63. The largest absolute Gasteiger partial charge is 0.293 e. The van der Waals surface area contributed by atoms with Crippen LogP contribution in [0, 0.1) is 5.41 Å². The van der Waals surface area contributed by atoms with E-state index in [0.717, 1.165) is 5.39 Å². The molecule has 0 aromatic carbocycles. The van der Waals surface area contributed by atoms with Gasteiger partial charge in [0.1, 0.15) is 5.52 Å². The van der Waals surface area contributed by atoms with E-state index in [9.17, 15) is 4.79 Å². The fraction of sp³-hybridized carbons (Fsp3) is 0.462. The van der Waals surface area contributed by atoms with Crippen LogP contribution in [0.5, 0.6) is 0 Å². The second-order valence-corrected chi connectivity index (χ2v) is 5.38. The van der Waals surface area contributed by atoms with Gasteiger partial charge >= 0.3 is 0 Å². The van der Waals surface area contributed by atoms with Crippen LogP contribution in [0.25, 0.3) is 10.9 Å². The van der Waals surface area contributed by atoms with E-state index >= 15 is 0 Å². The van der Waals surface area contributed by atoms with E-state index in [1.54, 1.807) is 18.5 Å². The minimum absolute atomic E-state index is 0.0146. The summed E-state index contributed by atoms with van der Waals surface area (Å²) in [5, 5.41) is 5.02. The van der Waals surface area contributed by atoms with E-state index < -0.39 is 0 Å². The number of hydrogen-bond acceptors (Lipinski definition) is 3. The molecule has 2 rings (SSSR count). The molecule has 0 bridgehead atoms. The Kier molecular flexibility index (Phi) is 2.73. The Balaban J connectivity index is 2.65. The van der Waals surface area contributed by atoms with Gasteiger partial charge in [0.15, 0.2) is 0 Å². The molecule has 0 aliphatic rings. The van der Waals surface area contributed by atoms with Crippen LogP contribution in [-0.4, -0.2) is 14.8 Å². The smallest absolute Gasteiger partial charge is 0.265 e. The molecule has 4 nitrogen and oxygen atoms in total. The molecule has 0 aliphatic carbocycles. The van der Waals surface area contributed by atoms with Crippen molar-refractivity contribution < 1.29 is 0 Å². The Labute approximate surface area is 100 Å². The number of nitrogens with zero attached hydrogens (tertiary/aromatic N) is 3. The van der Waals surface area contributed by atoms with Gasteiger partial charge in [0.05, 0.1) is 12.2 Å². The number of fused-ring (bicyclic) bond motifs is 1. The molecule has 0 spiro atoms. The molecular weight excluding hydrogens is 214 g/mol. The second kappa shape index (κ2) is 3.95. The highest BCUT2D eigenvalue weighted by Crippen LogP contribution is 2.28. The summed E-state index contributed by atoms with van der Waals surface area (Å²) in [4.78, 5) is 16.4. The molecule has 4 heteroatoms. The first-order chi connectivity index (χ1) is 7.91. The van der Waals surface area contributed by atoms with Crippen molar-refractivity contribution >= 4 is 10.9 Å². The minimum atomic E-state index is -0.120. The zero-order valence-corrected chi connectivity index (χ0v) is 10.6. The summed E-state index contributed by atoms with van der Waals surface area (Å²) in [5.74, 6) is 0. The summed E-state index contributed by atoms with van der Waals surface area (Å²) in [6, 6.07) is 3.69. The maximum Gasteiger partial charge on any atom is 0.293 e. The van der Waals surface area contributed by atoms with E-state index in [1.807, 2.05) is 13.0 Å². The molecule has 0 saturated heterocycles. The molecule has 1 unspecified atom stereocenters. The van der Waals surface area contributed by atoms with Crippen molar-refractivity contribution in [1.82, 2.24) is 14.8 Å². The summed E-state index contributed by atoms with van der Waals surface area (Å²) in [6.07, 6.45) is 3.34. The second-order valence-electron chi connectivity index (χ2n) is 5.38.